The third kappa shape index (κ3) is 4.44. The molecular formula is C22H14ClFN4O3. The van der Waals surface area contributed by atoms with E-state index >= 15 is 0 Å². The van der Waals surface area contributed by atoms with Crippen molar-refractivity contribution in [3.63, 3.8) is 0 Å². The van der Waals surface area contributed by atoms with Crippen molar-refractivity contribution >= 4 is 28.9 Å². The van der Waals surface area contributed by atoms with Crippen LogP contribution in [0, 0.1) is 15.9 Å². The molecule has 3 aromatic carbocycles. The molecule has 1 N–H and O–H groups in total. The summed E-state index contributed by atoms with van der Waals surface area (Å²) >= 11 is 5.97. The summed E-state index contributed by atoms with van der Waals surface area (Å²) in [5.41, 5.74) is 2.26. The zero-order valence-electron chi connectivity index (χ0n) is 15.8. The fourth-order valence-corrected chi connectivity index (χ4v) is 3.07. The van der Waals surface area contributed by atoms with Gasteiger partial charge in [-0.15, -0.1) is 0 Å². The second-order valence-corrected chi connectivity index (χ2v) is 7.00. The fourth-order valence-electron chi connectivity index (χ4n) is 2.95. The third-order valence-corrected chi connectivity index (χ3v) is 4.74. The molecule has 0 unspecified atom stereocenters. The predicted molar refractivity (Wildman–Crippen MR) is 115 cm³/mol. The first kappa shape index (κ1) is 20.2. The van der Waals surface area contributed by atoms with Gasteiger partial charge in [-0.05, 0) is 66.7 Å². The van der Waals surface area contributed by atoms with Crippen LogP contribution >= 0.6 is 11.6 Å². The number of hydrogen-bond acceptors (Lipinski definition) is 4. The number of rotatable bonds is 5. The predicted octanol–water partition coefficient (Wildman–Crippen LogP) is 5.49. The van der Waals surface area contributed by atoms with Crippen molar-refractivity contribution in [1.29, 1.82) is 0 Å². The van der Waals surface area contributed by atoms with Crippen LogP contribution in [-0.4, -0.2) is 20.6 Å². The minimum atomic E-state index is -0.488. The number of carbonyl (C=O) groups excluding carboxylic acids is 1. The number of hydrogen-bond donors (Lipinski definition) is 1. The Labute approximate surface area is 180 Å². The molecule has 0 spiro atoms. The summed E-state index contributed by atoms with van der Waals surface area (Å²) in [4.78, 5) is 23.4. The topological polar surface area (TPSA) is 90.1 Å². The maximum absolute atomic E-state index is 13.2. The van der Waals surface area contributed by atoms with Crippen LogP contribution < -0.4 is 5.32 Å². The molecule has 154 valence electrons. The Morgan fingerprint density at radius 1 is 1.00 bits per heavy atom. The minimum absolute atomic E-state index is 0.0461. The van der Waals surface area contributed by atoms with E-state index in [4.69, 9.17) is 11.6 Å². The quantitative estimate of drug-likeness (QED) is 0.330. The van der Waals surface area contributed by atoms with E-state index in [1.807, 2.05) is 0 Å². The summed E-state index contributed by atoms with van der Waals surface area (Å²) in [5, 5.41) is 18.7. The van der Waals surface area contributed by atoms with E-state index in [0.717, 1.165) is 0 Å². The lowest BCUT2D eigenvalue weighted by molar-refractivity contribution is -0.384. The van der Waals surface area contributed by atoms with Gasteiger partial charge in [-0.3, -0.25) is 14.9 Å². The van der Waals surface area contributed by atoms with Crippen molar-refractivity contribution in [1.82, 2.24) is 9.78 Å². The third-order valence-electron chi connectivity index (χ3n) is 4.49. The first-order valence-electron chi connectivity index (χ1n) is 9.08. The van der Waals surface area contributed by atoms with Crippen molar-refractivity contribution in [2.24, 2.45) is 0 Å². The maximum Gasteiger partial charge on any atom is 0.274 e. The van der Waals surface area contributed by atoms with Crippen LogP contribution in [0.1, 0.15) is 10.5 Å². The van der Waals surface area contributed by atoms with Crippen LogP contribution in [-0.2, 0) is 0 Å². The molecule has 1 amide bonds. The number of carbonyl (C=O) groups is 1. The Bertz CT molecular complexity index is 1250. The molecule has 1 heterocycles. The van der Waals surface area contributed by atoms with Crippen LogP contribution in [0.25, 0.3) is 16.9 Å². The van der Waals surface area contributed by atoms with E-state index in [0.29, 0.717) is 27.7 Å². The molecular weight excluding hydrogens is 423 g/mol. The van der Waals surface area contributed by atoms with Gasteiger partial charge in [0, 0.05) is 28.4 Å². The Balaban J connectivity index is 1.74. The molecule has 0 aliphatic heterocycles. The second kappa shape index (κ2) is 8.37. The zero-order valence-corrected chi connectivity index (χ0v) is 16.6. The van der Waals surface area contributed by atoms with Crippen LogP contribution in [0.3, 0.4) is 0 Å². The molecule has 31 heavy (non-hydrogen) atoms. The number of non-ortho nitro benzene ring substituents is 1. The van der Waals surface area contributed by atoms with Gasteiger partial charge in [0.2, 0.25) is 0 Å². The summed E-state index contributed by atoms with van der Waals surface area (Å²) in [7, 11) is 0. The summed E-state index contributed by atoms with van der Waals surface area (Å²) in [6.07, 6.45) is 0. The van der Waals surface area contributed by atoms with Gasteiger partial charge in [-0.25, -0.2) is 9.07 Å². The highest BCUT2D eigenvalue weighted by Gasteiger charge is 2.18. The zero-order chi connectivity index (χ0) is 22.0. The lowest BCUT2D eigenvalue weighted by atomic mass is 10.1. The lowest BCUT2D eigenvalue weighted by Crippen LogP contribution is -2.16. The normalized spacial score (nSPS) is 10.6. The summed E-state index contributed by atoms with van der Waals surface area (Å²) in [6.45, 7) is 0. The first-order valence-corrected chi connectivity index (χ1v) is 9.46. The molecule has 9 heteroatoms. The van der Waals surface area contributed by atoms with Crippen molar-refractivity contribution in [3.8, 4) is 16.9 Å². The van der Waals surface area contributed by atoms with Crippen molar-refractivity contribution in [3.05, 3.63) is 106 Å². The van der Waals surface area contributed by atoms with Crippen LogP contribution in [0.4, 0.5) is 15.8 Å². The van der Waals surface area contributed by atoms with Gasteiger partial charge in [0.1, 0.15) is 11.5 Å². The minimum Gasteiger partial charge on any atom is -0.321 e. The standard InChI is InChI=1S/C22H14ClFN4O3/c23-15-3-11-18(12-4-15)27-21(22(29)25-17-7-5-16(24)6-8-17)13-20(26-27)14-1-9-19(10-2-14)28(30)31/h1-13H,(H,25,29). The van der Waals surface area contributed by atoms with E-state index in [2.05, 4.69) is 10.4 Å². The maximum atomic E-state index is 13.2. The van der Waals surface area contributed by atoms with Crippen molar-refractivity contribution < 1.29 is 14.1 Å². The van der Waals surface area contributed by atoms with Gasteiger partial charge in [0.15, 0.2) is 0 Å². The second-order valence-electron chi connectivity index (χ2n) is 6.57. The van der Waals surface area contributed by atoms with Gasteiger partial charge >= 0.3 is 0 Å². The number of nitrogens with one attached hydrogen (secondary N) is 1. The Kier molecular flexibility index (Phi) is 5.46. The van der Waals surface area contributed by atoms with Crippen molar-refractivity contribution in [2.45, 2.75) is 0 Å². The largest absolute Gasteiger partial charge is 0.321 e. The molecule has 0 saturated heterocycles. The molecule has 0 fully saturated rings. The van der Waals surface area contributed by atoms with Gasteiger partial charge in [-0.1, -0.05) is 11.6 Å². The van der Waals surface area contributed by atoms with Gasteiger partial charge < -0.3 is 5.32 Å². The highest BCUT2D eigenvalue weighted by atomic mass is 35.5. The molecule has 0 atom stereocenters. The molecule has 0 bridgehead atoms. The first-order chi connectivity index (χ1) is 14.9. The van der Waals surface area contributed by atoms with E-state index < -0.39 is 16.6 Å². The number of anilines is 1. The van der Waals surface area contributed by atoms with E-state index in [-0.39, 0.29) is 11.4 Å². The summed E-state index contributed by atoms with van der Waals surface area (Å²) in [5.74, 6) is -0.869. The molecule has 4 aromatic rings. The number of benzene rings is 3. The molecule has 4 rings (SSSR count). The van der Waals surface area contributed by atoms with Gasteiger partial charge in [0.05, 0.1) is 16.3 Å². The Morgan fingerprint density at radius 2 is 1.65 bits per heavy atom. The molecule has 0 aliphatic carbocycles. The molecule has 0 saturated carbocycles. The van der Waals surface area contributed by atoms with Gasteiger partial charge in [-0.2, -0.15) is 5.10 Å². The Morgan fingerprint density at radius 3 is 2.26 bits per heavy atom. The number of nitro benzene ring substituents is 1. The molecule has 0 aliphatic rings. The average Bonchev–Trinajstić information content (AvgIpc) is 3.21. The monoisotopic (exact) mass is 436 g/mol. The SMILES string of the molecule is O=C(Nc1ccc(F)cc1)c1cc(-c2ccc([N+](=O)[O-])cc2)nn1-c1ccc(Cl)cc1. The summed E-state index contributed by atoms with van der Waals surface area (Å²) in [6, 6.07) is 19.6. The van der Waals surface area contributed by atoms with Crippen LogP contribution in [0.15, 0.2) is 78.9 Å². The average molecular weight is 437 g/mol. The Hall–Kier alpha value is -4.04. The smallest absolute Gasteiger partial charge is 0.274 e. The molecule has 1 aromatic heterocycles. The summed E-state index contributed by atoms with van der Waals surface area (Å²) < 4.78 is 14.6. The molecule has 0 radical (unpaired) electrons. The fraction of sp³-hybridized carbons (Fsp3) is 0. The van der Waals surface area contributed by atoms with Gasteiger partial charge in [0.25, 0.3) is 11.6 Å². The number of nitro groups is 1. The highest BCUT2D eigenvalue weighted by molar-refractivity contribution is 6.30. The number of nitrogens with zero attached hydrogens (tertiary/aromatic N) is 3. The lowest BCUT2D eigenvalue weighted by Gasteiger charge is -2.08. The van der Waals surface area contributed by atoms with Crippen LogP contribution in [0.5, 0.6) is 0 Å². The van der Waals surface area contributed by atoms with Crippen LogP contribution in [0.2, 0.25) is 5.02 Å². The van der Waals surface area contributed by atoms with E-state index in [1.165, 1.54) is 41.1 Å². The number of halogens is 2. The molecule has 7 nitrogen and oxygen atoms in total. The van der Waals surface area contributed by atoms with E-state index in [1.54, 1.807) is 42.5 Å². The van der Waals surface area contributed by atoms with Crippen molar-refractivity contribution in [2.75, 3.05) is 5.32 Å². The number of amides is 1. The highest BCUT2D eigenvalue weighted by Crippen LogP contribution is 2.25. The number of aromatic nitrogens is 2. The van der Waals surface area contributed by atoms with E-state index in [9.17, 15) is 19.3 Å².